The first-order valence-corrected chi connectivity index (χ1v) is 9.51. The molecular weight excluding hydrogens is 314 g/mol. The highest BCUT2D eigenvalue weighted by Gasteiger charge is 2.54. The molecule has 6 heteroatoms. The molecule has 2 saturated carbocycles. The lowest BCUT2D eigenvalue weighted by molar-refractivity contribution is -0.151. The number of ether oxygens (including phenoxy) is 1. The van der Waals surface area contributed by atoms with Crippen LogP contribution in [0.5, 0.6) is 0 Å². The highest BCUT2D eigenvalue weighted by Crippen LogP contribution is 2.44. The molecule has 1 amide bonds. The zero-order valence-corrected chi connectivity index (χ0v) is 14.2. The zero-order valence-electron chi connectivity index (χ0n) is 14.2. The normalized spacial score (nSPS) is 32.7. The number of rotatable bonds is 5. The molecule has 0 aromatic carbocycles. The Morgan fingerprint density at radius 2 is 1.88 bits per heavy atom. The molecule has 4 rings (SSSR count). The SMILES string of the molecule is O=C(NCCC1CCOC12CN(C1CCCC1)C2)C1CC(F)(F)C1. The van der Waals surface area contributed by atoms with Gasteiger partial charge in [0.15, 0.2) is 0 Å². The minimum atomic E-state index is -2.62. The summed E-state index contributed by atoms with van der Waals surface area (Å²) in [6.07, 6.45) is 6.72. The highest BCUT2D eigenvalue weighted by molar-refractivity contribution is 5.79. The van der Waals surface area contributed by atoms with Crippen LogP contribution in [0.4, 0.5) is 8.78 Å². The second-order valence-electron chi connectivity index (χ2n) is 8.28. The van der Waals surface area contributed by atoms with Gasteiger partial charge in [0.05, 0.1) is 5.60 Å². The molecule has 1 unspecified atom stereocenters. The summed E-state index contributed by atoms with van der Waals surface area (Å²) in [6.45, 7) is 3.46. The lowest BCUT2D eigenvalue weighted by Crippen LogP contribution is -2.66. The van der Waals surface area contributed by atoms with E-state index in [0.717, 1.165) is 38.6 Å². The Morgan fingerprint density at radius 3 is 2.54 bits per heavy atom. The van der Waals surface area contributed by atoms with E-state index in [1.54, 1.807) is 0 Å². The second-order valence-corrected chi connectivity index (χ2v) is 8.28. The van der Waals surface area contributed by atoms with Crippen LogP contribution in [0.3, 0.4) is 0 Å². The maximum absolute atomic E-state index is 12.8. The van der Waals surface area contributed by atoms with Gasteiger partial charge >= 0.3 is 0 Å². The molecule has 1 N–H and O–H groups in total. The van der Waals surface area contributed by atoms with E-state index in [4.69, 9.17) is 4.74 Å². The fourth-order valence-corrected chi connectivity index (χ4v) is 5.07. The molecule has 136 valence electrons. The van der Waals surface area contributed by atoms with Crippen LogP contribution in [0.25, 0.3) is 0 Å². The summed E-state index contributed by atoms with van der Waals surface area (Å²) in [5.74, 6) is -2.83. The van der Waals surface area contributed by atoms with Gasteiger partial charge in [-0.05, 0) is 31.6 Å². The molecule has 1 atom stereocenters. The van der Waals surface area contributed by atoms with Gasteiger partial charge < -0.3 is 10.1 Å². The Morgan fingerprint density at radius 1 is 1.17 bits per heavy atom. The van der Waals surface area contributed by atoms with Crippen molar-refractivity contribution in [1.82, 2.24) is 10.2 Å². The fourth-order valence-electron chi connectivity index (χ4n) is 5.07. The largest absolute Gasteiger partial charge is 0.372 e. The molecule has 4 aliphatic rings. The van der Waals surface area contributed by atoms with Crippen molar-refractivity contribution in [2.45, 2.75) is 68.9 Å². The Kier molecular flexibility index (Phi) is 4.32. The summed E-state index contributed by atoms with van der Waals surface area (Å²) < 4.78 is 31.8. The number of likely N-dealkylation sites (tertiary alicyclic amines) is 1. The monoisotopic (exact) mass is 342 g/mol. The lowest BCUT2D eigenvalue weighted by Gasteiger charge is -2.53. The number of halogens is 2. The number of nitrogens with zero attached hydrogens (tertiary/aromatic N) is 1. The van der Waals surface area contributed by atoms with Crippen molar-refractivity contribution < 1.29 is 18.3 Å². The Labute approximate surface area is 142 Å². The summed E-state index contributed by atoms with van der Waals surface area (Å²) in [5, 5.41) is 2.86. The molecule has 2 aliphatic heterocycles. The van der Waals surface area contributed by atoms with E-state index in [1.807, 2.05) is 0 Å². The van der Waals surface area contributed by atoms with E-state index in [0.29, 0.717) is 12.5 Å². The van der Waals surface area contributed by atoms with Crippen molar-refractivity contribution >= 4 is 5.91 Å². The molecule has 1 spiro atoms. The molecule has 24 heavy (non-hydrogen) atoms. The van der Waals surface area contributed by atoms with E-state index in [-0.39, 0.29) is 24.3 Å². The fraction of sp³-hybridized carbons (Fsp3) is 0.944. The first kappa shape index (κ1) is 16.7. The molecular formula is C18H28F2N2O2. The van der Waals surface area contributed by atoms with Crippen molar-refractivity contribution in [1.29, 1.82) is 0 Å². The minimum Gasteiger partial charge on any atom is -0.372 e. The van der Waals surface area contributed by atoms with Crippen molar-refractivity contribution in [3.8, 4) is 0 Å². The van der Waals surface area contributed by atoms with Gasteiger partial charge in [0, 0.05) is 51.0 Å². The lowest BCUT2D eigenvalue weighted by atomic mass is 9.78. The van der Waals surface area contributed by atoms with E-state index < -0.39 is 11.8 Å². The molecule has 2 heterocycles. The number of hydrogen-bond acceptors (Lipinski definition) is 3. The number of carbonyl (C=O) groups is 1. The van der Waals surface area contributed by atoms with Crippen LogP contribution in [0.1, 0.15) is 51.4 Å². The molecule has 0 radical (unpaired) electrons. The predicted octanol–water partition coefficient (Wildman–Crippen LogP) is 2.57. The van der Waals surface area contributed by atoms with Crippen molar-refractivity contribution in [3.63, 3.8) is 0 Å². The van der Waals surface area contributed by atoms with E-state index in [1.165, 1.54) is 25.7 Å². The van der Waals surface area contributed by atoms with Crippen LogP contribution in [0.2, 0.25) is 0 Å². The van der Waals surface area contributed by atoms with Crippen LogP contribution in [0.15, 0.2) is 0 Å². The average Bonchev–Trinajstić information content (AvgIpc) is 3.11. The predicted molar refractivity (Wildman–Crippen MR) is 85.9 cm³/mol. The highest BCUT2D eigenvalue weighted by atomic mass is 19.3. The number of amides is 1. The topological polar surface area (TPSA) is 41.6 Å². The second kappa shape index (κ2) is 6.20. The first-order valence-electron chi connectivity index (χ1n) is 9.51. The van der Waals surface area contributed by atoms with Crippen LogP contribution < -0.4 is 5.32 Å². The van der Waals surface area contributed by atoms with Gasteiger partial charge in [-0.1, -0.05) is 12.8 Å². The van der Waals surface area contributed by atoms with Crippen molar-refractivity contribution in [2.75, 3.05) is 26.2 Å². The molecule has 4 fully saturated rings. The number of alkyl halides is 2. The summed E-state index contributed by atoms with van der Waals surface area (Å²) in [4.78, 5) is 14.4. The van der Waals surface area contributed by atoms with E-state index >= 15 is 0 Å². The minimum absolute atomic E-state index is 0.00316. The van der Waals surface area contributed by atoms with Crippen molar-refractivity contribution in [2.24, 2.45) is 11.8 Å². The number of carbonyl (C=O) groups excluding carboxylic acids is 1. The smallest absolute Gasteiger partial charge is 0.249 e. The third-order valence-electron chi connectivity index (χ3n) is 6.64. The van der Waals surface area contributed by atoms with Crippen LogP contribution in [-0.2, 0) is 9.53 Å². The van der Waals surface area contributed by atoms with Gasteiger partial charge in [0.25, 0.3) is 0 Å². The maximum atomic E-state index is 12.8. The first-order chi connectivity index (χ1) is 11.5. The Bertz CT molecular complexity index is 479. The molecule has 2 aliphatic carbocycles. The number of nitrogens with one attached hydrogen (secondary N) is 1. The van der Waals surface area contributed by atoms with Gasteiger partial charge in [-0.15, -0.1) is 0 Å². The zero-order chi connectivity index (χ0) is 16.8. The Balaban J connectivity index is 1.20. The van der Waals surface area contributed by atoms with Crippen LogP contribution in [-0.4, -0.2) is 54.6 Å². The maximum Gasteiger partial charge on any atom is 0.249 e. The summed E-state index contributed by atoms with van der Waals surface area (Å²) in [5.41, 5.74) is -0.00316. The molecule has 4 nitrogen and oxygen atoms in total. The van der Waals surface area contributed by atoms with Gasteiger partial charge in [0.1, 0.15) is 0 Å². The van der Waals surface area contributed by atoms with E-state index in [9.17, 15) is 13.6 Å². The van der Waals surface area contributed by atoms with Gasteiger partial charge in [0.2, 0.25) is 11.8 Å². The Hall–Kier alpha value is -0.750. The molecule has 0 bridgehead atoms. The van der Waals surface area contributed by atoms with Crippen LogP contribution in [0, 0.1) is 11.8 Å². The number of hydrogen-bond donors (Lipinski definition) is 1. The van der Waals surface area contributed by atoms with Gasteiger partial charge in [-0.3, -0.25) is 9.69 Å². The standard InChI is InChI=1S/C18H28F2N2O2/c19-18(20)9-13(10-18)16(23)21-7-5-14-6-8-24-17(14)11-22(12-17)15-3-1-2-4-15/h13-15H,1-12H2,(H,21,23). The van der Waals surface area contributed by atoms with Gasteiger partial charge in [-0.2, -0.15) is 0 Å². The van der Waals surface area contributed by atoms with Crippen molar-refractivity contribution in [3.05, 3.63) is 0 Å². The summed E-state index contributed by atoms with van der Waals surface area (Å²) in [6, 6.07) is 0.750. The summed E-state index contributed by atoms with van der Waals surface area (Å²) in [7, 11) is 0. The summed E-state index contributed by atoms with van der Waals surface area (Å²) >= 11 is 0. The molecule has 2 saturated heterocycles. The van der Waals surface area contributed by atoms with E-state index in [2.05, 4.69) is 10.2 Å². The molecule has 0 aromatic heterocycles. The third-order valence-corrected chi connectivity index (χ3v) is 6.64. The quantitative estimate of drug-likeness (QED) is 0.835. The average molecular weight is 342 g/mol. The van der Waals surface area contributed by atoms with Crippen LogP contribution >= 0.6 is 0 Å². The third kappa shape index (κ3) is 3.07. The molecule has 0 aromatic rings. The van der Waals surface area contributed by atoms with Gasteiger partial charge in [-0.25, -0.2) is 8.78 Å².